The van der Waals surface area contributed by atoms with Gasteiger partial charge in [-0.25, -0.2) is 0 Å². The third kappa shape index (κ3) is 5.12. The average molecular weight is 446 g/mol. The van der Waals surface area contributed by atoms with E-state index < -0.39 is 5.91 Å². The molecular weight excluding hydrogens is 422 g/mol. The summed E-state index contributed by atoms with van der Waals surface area (Å²) < 4.78 is 0. The van der Waals surface area contributed by atoms with Gasteiger partial charge in [0.25, 0.3) is 11.8 Å². The number of hydrogen-bond donors (Lipinski definition) is 2. The lowest BCUT2D eigenvalue weighted by Gasteiger charge is -2.17. The molecule has 2 N–H and O–H groups in total. The van der Waals surface area contributed by atoms with Gasteiger partial charge in [-0.3, -0.25) is 14.4 Å². The zero-order valence-electron chi connectivity index (χ0n) is 17.6. The van der Waals surface area contributed by atoms with Crippen LogP contribution >= 0.6 is 11.3 Å². The van der Waals surface area contributed by atoms with Gasteiger partial charge in [0, 0.05) is 34.8 Å². The van der Waals surface area contributed by atoms with Crippen molar-refractivity contribution in [3.8, 4) is 0 Å². The Morgan fingerprint density at radius 3 is 2.56 bits per heavy atom. The largest absolute Gasteiger partial charge is 0.321 e. The number of nitrogens with zero attached hydrogens (tertiary/aromatic N) is 1. The Balaban J connectivity index is 1.55. The molecule has 0 bridgehead atoms. The molecule has 6 nitrogen and oxygen atoms in total. The highest BCUT2D eigenvalue weighted by Crippen LogP contribution is 2.24. The van der Waals surface area contributed by atoms with Crippen LogP contribution in [0.15, 0.2) is 71.7 Å². The molecule has 3 aromatic rings. The van der Waals surface area contributed by atoms with Gasteiger partial charge in [-0.15, -0.1) is 11.3 Å². The summed E-state index contributed by atoms with van der Waals surface area (Å²) in [6.45, 7) is 2.62. The molecule has 0 saturated carbocycles. The molecule has 162 valence electrons. The molecule has 1 fully saturated rings. The SMILES string of the molecule is Cc1ccc(C(=O)N/C(=C\c2cccs2)C(=O)Nc2cccc(N3CCCC3=O)c2)cc1. The van der Waals surface area contributed by atoms with Gasteiger partial charge in [-0.05, 0) is 61.2 Å². The number of rotatable bonds is 6. The van der Waals surface area contributed by atoms with Crippen LogP contribution in [0.4, 0.5) is 11.4 Å². The van der Waals surface area contributed by atoms with Crippen LogP contribution in [0.2, 0.25) is 0 Å². The molecule has 32 heavy (non-hydrogen) atoms. The van der Waals surface area contributed by atoms with Crippen LogP contribution in [0.25, 0.3) is 6.08 Å². The van der Waals surface area contributed by atoms with E-state index in [4.69, 9.17) is 0 Å². The Kier molecular flexibility index (Phi) is 6.47. The van der Waals surface area contributed by atoms with Crippen LogP contribution < -0.4 is 15.5 Å². The van der Waals surface area contributed by atoms with Gasteiger partial charge < -0.3 is 15.5 Å². The summed E-state index contributed by atoms with van der Waals surface area (Å²) in [6, 6.07) is 18.1. The lowest BCUT2D eigenvalue weighted by atomic mass is 10.1. The van der Waals surface area contributed by atoms with Crippen LogP contribution in [-0.4, -0.2) is 24.3 Å². The smallest absolute Gasteiger partial charge is 0.272 e. The lowest BCUT2D eigenvalue weighted by molar-refractivity contribution is -0.117. The van der Waals surface area contributed by atoms with Gasteiger partial charge in [0.1, 0.15) is 5.70 Å². The van der Waals surface area contributed by atoms with Crippen molar-refractivity contribution >= 4 is 46.5 Å². The highest BCUT2D eigenvalue weighted by molar-refractivity contribution is 7.10. The molecule has 0 aliphatic carbocycles. The molecule has 0 radical (unpaired) electrons. The van der Waals surface area contributed by atoms with Crippen LogP contribution in [-0.2, 0) is 9.59 Å². The number of carbonyl (C=O) groups is 3. The average Bonchev–Trinajstić information content (AvgIpc) is 3.45. The molecule has 0 spiro atoms. The molecule has 2 heterocycles. The van der Waals surface area contributed by atoms with E-state index in [1.54, 1.807) is 41.3 Å². The quantitative estimate of drug-likeness (QED) is 0.545. The number of aryl methyl sites for hydroxylation is 1. The van der Waals surface area contributed by atoms with Crippen molar-refractivity contribution in [1.82, 2.24) is 5.32 Å². The van der Waals surface area contributed by atoms with E-state index in [0.29, 0.717) is 24.2 Å². The Hall–Kier alpha value is -3.71. The molecule has 1 aromatic heterocycles. The second kappa shape index (κ2) is 9.62. The molecule has 2 aromatic carbocycles. The van der Waals surface area contributed by atoms with Gasteiger partial charge in [0.05, 0.1) is 0 Å². The first-order valence-electron chi connectivity index (χ1n) is 10.3. The number of thiophene rings is 1. The second-order valence-electron chi connectivity index (χ2n) is 7.55. The summed E-state index contributed by atoms with van der Waals surface area (Å²) in [6.07, 6.45) is 3.02. The molecule has 1 aliphatic heterocycles. The molecule has 4 rings (SSSR count). The maximum absolute atomic E-state index is 13.1. The van der Waals surface area contributed by atoms with Gasteiger partial charge in [0.2, 0.25) is 5.91 Å². The first-order chi connectivity index (χ1) is 15.5. The van der Waals surface area contributed by atoms with Crippen molar-refractivity contribution in [2.75, 3.05) is 16.8 Å². The van der Waals surface area contributed by atoms with E-state index in [0.717, 1.165) is 22.5 Å². The van der Waals surface area contributed by atoms with E-state index in [9.17, 15) is 14.4 Å². The lowest BCUT2D eigenvalue weighted by Crippen LogP contribution is -2.30. The van der Waals surface area contributed by atoms with Crippen LogP contribution in [0, 0.1) is 6.92 Å². The highest BCUT2D eigenvalue weighted by Gasteiger charge is 2.22. The summed E-state index contributed by atoms with van der Waals surface area (Å²) in [7, 11) is 0. The predicted molar refractivity (Wildman–Crippen MR) is 128 cm³/mol. The van der Waals surface area contributed by atoms with Crippen molar-refractivity contribution in [2.45, 2.75) is 19.8 Å². The van der Waals surface area contributed by atoms with Crippen LogP contribution in [0.1, 0.15) is 33.6 Å². The number of amides is 3. The Morgan fingerprint density at radius 1 is 1.06 bits per heavy atom. The summed E-state index contributed by atoms with van der Waals surface area (Å²) in [5.41, 5.74) is 2.95. The molecule has 7 heteroatoms. The fourth-order valence-corrected chi connectivity index (χ4v) is 4.10. The topological polar surface area (TPSA) is 78.5 Å². The normalized spacial score (nSPS) is 13.8. The van der Waals surface area contributed by atoms with Gasteiger partial charge in [-0.2, -0.15) is 0 Å². The minimum atomic E-state index is -0.441. The minimum absolute atomic E-state index is 0.0807. The van der Waals surface area contributed by atoms with E-state index in [2.05, 4.69) is 10.6 Å². The Bertz CT molecular complexity index is 1170. The number of hydrogen-bond acceptors (Lipinski definition) is 4. The fraction of sp³-hybridized carbons (Fsp3) is 0.160. The number of benzene rings is 2. The number of carbonyl (C=O) groups excluding carboxylic acids is 3. The van der Waals surface area contributed by atoms with E-state index in [1.165, 1.54) is 11.3 Å². The minimum Gasteiger partial charge on any atom is -0.321 e. The van der Waals surface area contributed by atoms with Gasteiger partial charge >= 0.3 is 0 Å². The van der Waals surface area contributed by atoms with Crippen molar-refractivity contribution in [1.29, 1.82) is 0 Å². The molecular formula is C25H23N3O3S. The summed E-state index contributed by atoms with van der Waals surface area (Å²) in [4.78, 5) is 40.4. The molecule has 1 aliphatic rings. The Labute approximate surface area is 190 Å². The van der Waals surface area contributed by atoms with Crippen LogP contribution in [0.3, 0.4) is 0 Å². The van der Waals surface area contributed by atoms with Crippen LogP contribution in [0.5, 0.6) is 0 Å². The van der Waals surface area contributed by atoms with Crippen molar-refractivity contribution < 1.29 is 14.4 Å². The maximum Gasteiger partial charge on any atom is 0.272 e. The number of anilines is 2. The van der Waals surface area contributed by atoms with E-state index >= 15 is 0 Å². The molecule has 0 unspecified atom stereocenters. The first-order valence-corrected chi connectivity index (χ1v) is 11.2. The molecule has 3 amide bonds. The zero-order chi connectivity index (χ0) is 22.5. The zero-order valence-corrected chi connectivity index (χ0v) is 18.4. The standard InChI is InChI=1S/C25H23N3O3S/c1-17-9-11-18(12-10-17)24(30)27-22(16-21-7-4-14-32-21)25(31)26-19-5-2-6-20(15-19)28-13-3-8-23(28)29/h2,4-7,9-12,14-16H,3,8,13H2,1H3,(H,26,31)(H,27,30)/b22-16-. The maximum atomic E-state index is 13.1. The van der Waals surface area contributed by atoms with E-state index in [-0.39, 0.29) is 17.5 Å². The monoisotopic (exact) mass is 445 g/mol. The highest BCUT2D eigenvalue weighted by atomic mass is 32.1. The van der Waals surface area contributed by atoms with Gasteiger partial charge in [0.15, 0.2) is 0 Å². The van der Waals surface area contributed by atoms with Crippen molar-refractivity contribution in [3.05, 3.63) is 87.7 Å². The molecule has 1 saturated heterocycles. The Morgan fingerprint density at radius 2 is 1.88 bits per heavy atom. The summed E-state index contributed by atoms with van der Waals surface area (Å²) in [5.74, 6) is -0.722. The third-order valence-electron chi connectivity index (χ3n) is 5.13. The predicted octanol–water partition coefficient (Wildman–Crippen LogP) is 4.59. The third-order valence-corrected chi connectivity index (χ3v) is 5.94. The van der Waals surface area contributed by atoms with Crippen molar-refractivity contribution in [3.63, 3.8) is 0 Å². The summed E-state index contributed by atoms with van der Waals surface area (Å²) >= 11 is 1.47. The van der Waals surface area contributed by atoms with Gasteiger partial charge in [-0.1, -0.05) is 29.8 Å². The summed E-state index contributed by atoms with van der Waals surface area (Å²) in [5, 5.41) is 7.49. The first kappa shape index (κ1) is 21.5. The van der Waals surface area contributed by atoms with Crippen molar-refractivity contribution in [2.24, 2.45) is 0 Å². The molecule has 0 atom stereocenters. The fourth-order valence-electron chi connectivity index (χ4n) is 3.44. The van der Waals surface area contributed by atoms with E-state index in [1.807, 2.05) is 42.6 Å². The second-order valence-corrected chi connectivity index (χ2v) is 8.53. The number of nitrogens with one attached hydrogen (secondary N) is 2.